The van der Waals surface area contributed by atoms with Crippen molar-refractivity contribution in [1.29, 1.82) is 0 Å². The molecule has 180 valence electrons. The van der Waals surface area contributed by atoms with Gasteiger partial charge in [-0.2, -0.15) is 0 Å². The molecule has 7 nitrogen and oxygen atoms in total. The van der Waals surface area contributed by atoms with E-state index in [1.54, 1.807) is 0 Å². The maximum absolute atomic E-state index is 13.3. The number of para-hydroxylation sites is 1. The minimum Gasteiger partial charge on any atom is -0.489 e. The van der Waals surface area contributed by atoms with Crippen LogP contribution < -0.4 is 4.74 Å². The number of amides is 2. The first kappa shape index (κ1) is 23.8. The van der Waals surface area contributed by atoms with Crippen molar-refractivity contribution in [2.24, 2.45) is 11.8 Å². The van der Waals surface area contributed by atoms with Gasteiger partial charge in [-0.15, -0.1) is 0 Å². The van der Waals surface area contributed by atoms with Crippen molar-refractivity contribution in [2.75, 3.05) is 52.5 Å². The molecule has 0 aliphatic carbocycles. The molecule has 2 fully saturated rings. The van der Waals surface area contributed by atoms with Crippen LogP contribution in [0.2, 0.25) is 0 Å². The molecule has 0 aromatic heterocycles. The second-order valence-electron chi connectivity index (χ2n) is 9.60. The van der Waals surface area contributed by atoms with E-state index < -0.39 is 0 Å². The summed E-state index contributed by atoms with van der Waals surface area (Å²) in [4.78, 5) is 32.3. The van der Waals surface area contributed by atoms with Crippen LogP contribution in [0.25, 0.3) is 0 Å². The van der Waals surface area contributed by atoms with E-state index in [1.807, 2.05) is 28.0 Å². The molecular weight excluding hydrogens is 418 g/mol. The van der Waals surface area contributed by atoms with Gasteiger partial charge in [0.1, 0.15) is 12.4 Å². The predicted octanol–water partition coefficient (Wildman–Crippen LogP) is 2.56. The van der Waals surface area contributed by atoms with E-state index >= 15 is 0 Å². The van der Waals surface area contributed by atoms with Crippen molar-refractivity contribution in [1.82, 2.24) is 14.7 Å². The number of rotatable bonds is 3. The zero-order chi connectivity index (χ0) is 23.2. The van der Waals surface area contributed by atoms with Gasteiger partial charge in [-0.1, -0.05) is 30.4 Å². The third-order valence-electron chi connectivity index (χ3n) is 7.09. The van der Waals surface area contributed by atoms with Crippen molar-refractivity contribution in [3.05, 3.63) is 42.0 Å². The molecule has 0 spiro atoms. The molecule has 0 radical (unpaired) electrons. The molecule has 0 N–H and O–H groups in total. The molecule has 3 heterocycles. The summed E-state index contributed by atoms with van der Waals surface area (Å²) >= 11 is 0. The molecule has 3 aliphatic rings. The van der Waals surface area contributed by atoms with Gasteiger partial charge in [-0.05, 0) is 38.2 Å². The normalized spacial score (nSPS) is 26.0. The summed E-state index contributed by atoms with van der Waals surface area (Å²) in [6, 6.07) is 8.31. The zero-order valence-corrected chi connectivity index (χ0v) is 19.9. The van der Waals surface area contributed by atoms with Crippen LogP contribution in [0.5, 0.6) is 5.75 Å². The molecule has 2 bridgehead atoms. The lowest BCUT2D eigenvalue weighted by atomic mass is 9.82. The second kappa shape index (κ2) is 11.2. The lowest BCUT2D eigenvalue weighted by Crippen LogP contribution is -2.49. The van der Waals surface area contributed by atoms with Crippen molar-refractivity contribution < 1.29 is 19.1 Å². The van der Waals surface area contributed by atoms with Gasteiger partial charge >= 0.3 is 0 Å². The summed E-state index contributed by atoms with van der Waals surface area (Å²) in [7, 11) is 0. The first-order valence-corrected chi connectivity index (χ1v) is 12.3. The van der Waals surface area contributed by atoms with Gasteiger partial charge in [-0.3, -0.25) is 14.5 Å². The Balaban J connectivity index is 1.51. The first-order chi connectivity index (χ1) is 16.0. The van der Waals surface area contributed by atoms with Crippen LogP contribution in [0.15, 0.2) is 36.4 Å². The summed E-state index contributed by atoms with van der Waals surface area (Å²) in [5.41, 5.74) is 1.10. The number of fused-ring (bicyclic) bond motifs is 3. The van der Waals surface area contributed by atoms with E-state index in [0.29, 0.717) is 65.5 Å². The van der Waals surface area contributed by atoms with Gasteiger partial charge in [0.25, 0.3) is 0 Å². The van der Waals surface area contributed by atoms with E-state index in [0.717, 1.165) is 17.7 Å². The predicted molar refractivity (Wildman–Crippen MR) is 127 cm³/mol. The summed E-state index contributed by atoms with van der Waals surface area (Å²) in [5, 5.41) is 0. The van der Waals surface area contributed by atoms with Gasteiger partial charge in [0.2, 0.25) is 11.8 Å². The van der Waals surface area contributed by atoms with Gasteiger partial charge in [0.15, 0.2) is 0 Å². The Labute approximate surface area is 197 Å². The monoisotopic (exact) mass is 455 g/mol. The molecule has 7 heteroatoms. The van der Waals surface area contributed by atoms with Crippen LogP contribution in [0.4, 0.5) is 0 Å². The fraction of sp³-hybridized carbons (Fsp3) is 0.615. The molecule has 1 aromatic rings. The van der Waals surface area contributed by atoms with Gasteiger partial charge in [0.05, 0.1) is 19.8 Å². The highest BCUT2D eigenvalue weighted by Crippen LogP contribution is 2.30. The molecule has 2 amide bonds. The van der Waals surface area contributed by atoms with Crippen molar-refractivity contribution in [2.45, 2.75) is 39.3 Å². The number of hydrogen-bond donors (Lipinski definition) is 0. The topological polar surface area (TPSA) is 62.3 Å². The summed E-state index contributed by atoms with van der Waals surface area (Å²) in [6.45, 7) is 9.76. The maximum Gasteiger partial charge on any atom is 0.236 e. The minimum absolute atomic E-state index is 0.153. The summed E-state index contributed by atoms with van der Waals surface area (Å²) in [5.74, 6) is 1.62. The fourth-order valence-corrected chi connectivity index (χ4v) is 4.95. The Kier molecular flexibility index (Phi) is 8.04. The second-order valence-corrected chi connectivity index (χ2v) is 9.60. The van der Waals surface area contributed by atoms with Crippen LogP contribution in [0, 0.1) is 11.8 Å². The average Bonchev–Trinajstić information content (AvgIpc) is 2.83. The highest BCUT2D eigenvalue weighted by Gasteiger charge is 2.33. The van der Waals surface area contributed by atoms with Gasteiger partial charge in [0, 0.05) is 50.7 Å². The Morgan fingerprint density at radius 3 is 2.70 bits per heavy atom. The quantitative estimate of drug-likeness (QED) is 0.656. The molecule has 1 aromatic carbocycles. The van der Waals surface area contributed by atoms with E-state index in [9.17, 15) is 9.59 Å². The molecular formula is C26H37N3O4. The van der Waals surface area contributed by atoms with Crippen LogP contribution in [0.1, 0.15) is 32.3 Å². The SMILES string of the molecule is CC(C)N1CC(=O)N2CC[C@@H](CC(=O)N3CCOCC3)[C@@H](/C=C\COc3ccccc3C1)C2. The molecule has 3 aliphatic heterocycles. The van der Waals surface area contributed by atoms with Crippen LogP contribution in [-0.4, -0.2) is 85.1 Å². The Morgan fingerprint density at radius 2 is 1.91 bits per heavy atom. The average molecular weight is 456 g/mol. The Bertz CT molecular complexity index is 850. The maximum atomic E-state index is 13.3. The van der Waals surface area contributed by atoms with Crippen molar-refractivity contribution in [3.8, 4) is 5.75 Å². The number of nitrogens with zero attached hydrogens (tertiary/aromatic N) is 3. The van der Waals surface area contributed by atoms with E-state index in [-0.39, 0.29) is 29.7 Å². The Hall–Kier alpha value is -2.38. The first-order valence-electron chi connectivity index (χ1n) is 12.3. The van der Waals surface area contributed by atoms with Gasteiger partial charge < -0.3 is 19.3 Å². The molecule has 0 unspecified atom stereocenters. The number of carbonyl (C=O) groups excluding carboxylic acids is 2. The van der Waals surface area contributed by atoms with E-state index in [1.165, 1.54) is 0 Å². The number of morpholine rings is 1. The number of benzene rings is 1. The zero-order valence-electron chi connectivity index (χ0n) is 19.9. The molecule has 33 heavy (non-hydrogen) atoms. The number of hydrogen-bond acceptors (Lipinski definition) is 5. The molecule has 0 saturated carbocycles. The molecule has 2 saturated heterocycles. The standard InChI is InChI=1S/C26H37N3O4/c1-20(2)29-18-23-6-3-4-8-24(23)33-13-5-7-22-17-28(26(31)19-29)10-9-21(22)16-25(30)27-11-14-32-15-12-27/h3-8,20-22H,9-19H2,1-2H3/b7-5-/t21-,22-/m0/s1. The summed E-state index contributed by atoms with van der Waals surface area (Å²) in [6.07, 6.45) is 5.59. The van der Waals surface area contributed by atoms with E-state index in [2.05, 4.69) is 37.0 Å². The number of carbonyl (C=O) groups is 2. The molecule has 4 rings (SSSR count). The largest absolute Gasteiger partial charge is 0.489 e. The Morgan fingerprint density at radius 1 is 1.12 bits per heavy atom. The smallest absolute Gasteiger partial charge is 0.236 e. The minimum atomic E-state index is 0.153. The van der Waals surface area contributed by atoms with Crippen LogP contribution in [-0.2, 0) is 20.9 Å². The van der Waals surface area contributed by atoms with Crippen LogP contribution >= 0.6 is 0 Å². The lowest BCUT2D eigenvalue weighted by molar-refractivity contribution is -0.138. The van der Waals surface area contributed by atoms with Crippen LogP contribution in [0.3, 0.4) is 0 Å². The van der Waals surface area contributed by atoms with Gasteiger partial charge in [-0.25, -0.2) is 0 Å². The number of ether oxygens (including phenoxy) is 2. The molecule has 2 atom stereocenters. The summed E-state index contributed by atoms with van der Waals surface area (Å²) < 4.78 is 11.5. The third kappa shape index (κ3) is 6.15. The van der Waals surface area contributed by atoms with Crippen molar-refractivity contribution >= 4 is 11.8 Å². The third-order valence-corrected chi connectivity index (χ3v) is 7.09. The number of piperidine rings is 1. The lowest BCUT2D eigenvalue weighted by Gasteiger charge is -2.39. The highest BCUT2D eigenvalue weighted by atomic mass is 16.5. The van der Waals surface area contributed by atoms with E-state index in [4.69, 9.17) is 9.47 Å². The van der Waals surface area contributed by atoms with Crippen molar-refractivity contribution in [3.63, 3.8) is 0 Å². The highest BCUT2D eigenvalue weighted by molar-refractivity contribution is 5.79. The fourth-order valence-electron chi connectivity index (χ4n) is 4.95.